The molecule has 5 atom stereocenters. The van der Waals surface area contributed by atoms with Crippen molar-refractivity contribution in [2.24, 2.45) is 28.6 Å². The van der Waals surface area contributed by atoms with Crippen molar-refractivity contribution in [3.05, 3.63) is 12.2 Å². The fraction of sp³-hybridized carbons (Fsp3) is 0.900. The second-order valence-electron chi connectivity index (χ2n) is 8.88. The van der Waals surface area contributed by atoms with Crippen molar-refractivity contribution in [2.45, 2.75) is 78.7 Å². The molecule has 0 bridgehead atoms. The molecule has 0 heterocycles. The molecule has 5 unspecified atom stereocenters. The minimum atomic E-state index is -0.161. The quantitative estimate of drug-likeness (QED) is 0.731. The highest BCUT2D eigenvalue weighted by Gasteiger charge is 2.55. The van der Waals surface area contributed by atoms with Crippen LogP contribution < -0.4 is 0 Å². The Kier molecular flexibility index (Phi) is 5.44. The van der Waals surface area contributed by atoms with Crippen molar-refractivity contribution in [1.82, 2.24) is 0 Å². The molecule has 0 radical (unpaired) electrons. The summed E-state index contributed by atoms with van der Waals surface area (Å²) < 4.78 is 0. The van der Waals surface area contributed by atoms with Gasteiger partial charge in [0.1, 0.15) is 0 Å². The van der Waals surface area contributed by atoms with Crippen molar-refractivity contribution in [3.8, 4) is 0 Å². The number of aliphatic hydroxyl groups is 2. The predicted octanol–water partition coefficient (Wildman–Crippen LogP) is 4.55. The molecule has 0 aromatic rings. The smallest absolute Gasteiger partial charge is 0.0594 e. The molecule has 2 N–H and O–H groups in total. The molecule has 22 heavy (non-hydrogen) atoms. The third-order valence-corrected chi connectivity index (χ3v) is 7.12. The van der Waals surface area contributed by atoms with Crippen molar-refractivity contribution < 1.29 is 10.2 Å². The van der Waals surface area contributed by atoms with Gasteiger partial charge in [0.2, 0.25) is 0 Å². The van der Waals surface area contributed by atoms with Gasteiger partial charge in [-0.15, -0.1) is 0 Å². The number of rotatable bonds is 5. The van der Waals surface area contributed by atoms with Crippen LogP contribution in [0.4, 0.5) is 0 Å². The second kappa shape index (κ2) is 6.65. The van der Waals surface area contributed by atoms with E-state index in [1.54, 1.807) is 0 Å². The Morgan fingerprint density at radius 2 is 1.91 bits per heavy atom. The average molecular weight is 309 g/mol. The summed E-state index contributed by atoms with van der Waals surface area (Å²) in [7, 11) is 0. The van der Waals surface area contributed by atoms with Gasteiger partial charge < -0.3 is 10.2 Å². The van der Waals surface area contributed by atoms with Crippen LogP contribution in [0.15, 0.2) is 12.2 Å². The first-order valence-corrected chi connectivity index (χ1v) is 9.20. The zero-order valence-electron chi connectivity index (χ0n) is 15.1. The molecule has 0 amide bonds. The third-order valence-electron chi connectivity index (χ3n) is 7.12. The number of hydrogen-bond acceptors (Lipinski definition) is 2. The first-order valence-electron chi connectivity index (χ1n) is 9.20. The van der Waals surface area contributed by atoms with Crippen LogP contribution in [0.5, 0.6) is 0 Å². The molecule has 128 valence electrons. The highest BCUT2D eigenvalue weighted by Crippen LogP contribution is 2.61. The lowest BCUT2D eigenvalue weighted by atomic mass is 9.46. The highest BCUT2D eigenvalue weighted by molar-refractivity contribution is 5.16. The lowest BCUT2D eigenvalue weighted by Gasteiger charge is -2.59. The SMILES string of the molecule is C=C1CCC2C(C)(C)C(O)CCC2(C)C1CCC(C)CCO. The molecule has 0 aromatic carbocycles. The second-order valence-corrected chi connectivity index (χ2v) is 8.88. The zero-order chi connectivity index (χ0) is 16.5. The van der Waals surface area contributed by atoms with Gasteiger partial charge in [-0.2, -0.15) is 0 Å². The summed E-state index contributed by atoms with van der Waals surface area (Å²) in [4.78, 5) is 0. The van der Waals surface area contributed by atoms with Gasteiger partial charge in [0.25, 0.3) is 0 Å². The van der Waals surface area contributed by atoms with E-state index >= 15 is 0 Å². The van der Waals surface area contributed by atoms with E-state index in [4.69, 9.17) is 5.11 Å². The number of fused-ring (bicyclic) bond motifs is 1. The Hall–Kier alpha value is -0.340. The van der Waals surface area contributed by atoms with Crippen LogP contribution in [-0.2, 0) is 0 Å². The summed E-state index contributed by atoms with van der Waals surface area (Å²) in [6.07, 6.45) is 7.47. The van der Waals surface area contributed by atoms with Crippen molar-refractivity contribution in [3.63, 3.8) is 0 Å². The Morgan fingerprint density at radius 1 is 1.23 bits per heavy atom. The normalized spacial score (nSPS) is 39.4. The first kappa shape index (κ1) is 18.0. The molecule has 0 spiro atoms. The van der Waals surface area contributed by atoms with E-state index in [-0.39, 0.29) is 16.9 Å². The zero-order valence-corrected chi connectivity index (χ0v) is 15.1. The molecule has 2 fully saturated rings. The van der Waals surface area contributed by atoms with Gasteiger partial charge in [-0.25, -0.2) is 0 Å². The fourth-order valence-electron chi connectivity index (χ4n) is 5.51. The van der Waals surface area contributed by atoms with E-state index in [9.17, 15) is 5.11 Å². The average Bonchev–Trinajstić information content (AvgIpc) is 2.43. The van der Waals surface area contributed by atoms with Gasteiger partial charge in [0.15, 0.2) is 0 Å². The highest BCUT2D eigenvalue weighted by atomic mass is 16.3. The molecule has 2 aliphatic rings. The molecular formula is C20H36O2. The number of allylic oxidation sites excluding steroid dienone is 1. The molecule has 2 aliphatic carbocycles. The topological polar surface area (TPSA) is 40.5 Å². The monoisotopic (exact) mass is 308 g/mol. The fourth-order valence-corrected chi connectivity index (χ4v) is 5.51. The van der Waals surface area contributed by atoms with Crippen molar-refractivity contribution in [2.75, 3.05) is 6.61 Å². The Bertz CT molecular complexity index is 401. The van der Waals surface area contributed by atoms with Gasteiger partial charge >= 0.3 is 0 Å². The third kappa shape index (κ3) is 3.14. The van der Waals surface area contributed by atoms with E-state index in [0.717, 1.165) is 25.7 Å². The lowest BCUT2D eigenvalue weighted by molar-refractivity contribution is -0.125. The van der Waals surface area contributed by atoms with Crippen molar-refractivity contribution in [1.29, 1.82) is 0 Å². The van der Waals surface area contributed by atoms with Gasteiger partial charge in [-0.3, -0.25) is 0 Å². The first-order chi connectivity index (χ1) is 10.2. The lowest BCUT2D eigenvalue weighted by Crippen LogP contribution is -2.54. The van der Waals surface area contributed by atoms with Gasteiger partial charge in [0, 0.05) is 6.61 Å². The summed E-state index contributed by atoms with van der Waals surface area (Å²) in [6.45, 7) is 13.9. The van der Waals surface area contributed by atoms with Crippen LogP contribution in [0.25, 0.3) is 0 Å². The van der Waals surface area contributed by atoms with E-state index in [1.165, 1.54) is 24.8 Å². The van der Waals surface area contributed by atoms with Crippen LogP contribution in [0, 0.1) is 28.6 Å². The molecule has 2 nitrogen and oxygen atoms in total. The van der Waals surface area contributed by atoms with Gasteiger partial charge in [-0.05, 0) is 67.1 Å². The Morgan fingerprint density at radius 3 is 2.55 bits per heavy atom. The standard InChI is InChI=1S/C20H36O2/c1-14(11-13-21)6-8-16-15(2)7-9-17-19(3,4)18(22)10-12-20(16,17)5/h14,16-18,21-22H,2,6-13H2,1,3-5H3. The maximum Gasteiger partial charge on any atom is 0.0594 e. The number of aliphatic hydroxyl groups excluding tert-OH is 2. The molecule has 0 aliphatic heterocycles. The van der Waals surface area contributed by atoms with Crippen LogP contribution in [0.2, 0.25) is 0 Å². The van der Waals surface area contributed by atoms with Gasteiger partial charge in [-0.1, -0.05) is 46.3 Å². The minimum absolute atomic E-state index is 0.0165. The van der Waals surface area contributed by atoms with Gasteiger partial charge in [0.05, 0.1) is 6.10 Å². The maximum absolute atomic E-state index is 10.5. The molecule has 2 heteroatoms. The maximum atomic E-state index is 10.5. The summed E-state index contributed by atoms with van der Waals surface area (Å²) >= 11 is 0. The predicted molar refractivity (Wildman–Crippen MR) is 92.6 cm³/mol. The molecule has 0 aromatic heterocycles. The Balaban J connectivity index is 2.16. The van der Waals surface area contributed by atoms with E-state index in [2.05, 4.69) is 34.3 Å². The van der Waals surface area contributed by atoms with E-state index < -0.39 is 0 Å². The largest absolute Gasteiger partial charge is 0.396 e. The summed E-state index contributed by atoms with van der Waals surface area (Å²) in [6, 6.07) is 0. The number of hydrogen-bond donors (Lipinski definition) is 2. The summed E-state index contributed by atoms with van der Waals surface area (Å²) in [5.41, 5.74) is 1.74. The Labute approximate surface area is 137 Å². The summed E-state index contributed by atoms with van der Waals surface area (Å²) in [5.74, 6) is 1.76. The van der Waals surface area contributed by atoms with Crippen molar-refractivity contribution >= 4 is 0 Å². The summed E-state index contributed by atoms with van der Waals surface area (Å²) in [5, 5.41) is 19.6. The van der Waals surface area contributed by atoms with Crippen LogP contribution in [-0.4, -0.2) is 22.9 Å². The van der Waals surface area contributed by atoms with Crippen LogP contribution >= 0.6 is 0 Å². The van der Waals surface area contributed by atoms with Crippen LogP contribution in [0.1, 0.15) is 72.6 Å². The van der Waals surface area contributed by atoms with E-state index in [1.807, 2.05) is 0 Å². The molecule has 2 saturated carbocycles. The van der Waals surface area contributed by atoms with E-state index in [0.29, 0.717) is 24.4 Å². The van der Waals surface area contributed by atoms with Crippen LogP contribution in [0.3, 0.4) is 0 Å². The molecule has 0 saturated heterocycles. The molecular weight excluding hydrogens is 272 g/mol. The molecule has 2 rings (SSSR count). The minimum Gasteiger partial charge on any atom is -0.396 e.